The molecular weight excluding hydrogens is 187 g/mol. The predicted molar refractivity (Wildman–Crippen MR) is 42.3 cm³/mol. The van der Waals surface area contributed by atoms with Gasteiger partial charge in [-0.3, -0.25) is 0 Å². The van der Waals surface area contributed by atoms with Crippen molar-refractivity contribution in [2.75, 3.05) is 0 Å². The Morgan fingerprint density at radius 3 is 2.60 bits per heavy atom. The van der Waals surface area contributed by atoms with E-state index >= 15 is 0 Å². The Kier molecular flexibility index (Phi) is 2.39. The zero-order chi connectivity index (χ0) is 7.56. The molecule has 2 heteroatoms. The Hall–Kier alpha value is -0.422. The van der Waals surface area contributed by atoms with E-state index < -0.39 is 0 Å². The van der Waals surface area contributed by atoms with Gasteiger partial charge in [0.2, 0.25) is 0 Å². The van der Waals surface area contributed by atoms with E-state index in [0.29, 0.717) is 10.5 Å². The maximum atomic E-state index is 9.06. The van der Waals surface area contributed by atoms with Crippen molar-refractivity contribution in [1.82, 2.24) is 0 Å². The molecule has 10 heavy (non-hydrogen) atoms. The molecule has 2 radical (unpaired) electrons. The Morgan fingerprint density at radius 1 is 1.50 bits per heavy atom. The van der Waals surface area contributed by atoms with Crippen molar-refractivity contribution in [3.05, 3.63) is 29.8 Å². The van der Waals surface area contributed by atoms with Crippen LogP contribution in [0.25, 0.3) is 0 Å². The zero-order valence-corrected chi connectivity index (χ0v) is 7.66. The molecule has 0 saturated heterocycles. The summed E-state index contributed by atoms with van der Waals surface area (Å²) < 4.78 is 0.430. The predicted octanol–water partition coefficient (Wildman–Crippen LogP) is 1.62. The monoisotopic (exact) mass is 196 g/mol. The second kappa shape index (κ2) is 3.11. The van der Waals surface area contributed by atoms with Crippen LogP contribution in [0.3, 0.4) is 0 Å². The van der Waals surface area contributed by atoms with E-state index in [1.807, 2.05) is 12.1 Å². The molecule has 0 saturated carbocycles. The van der Waals surface area contributed by atoms with Crippen LogP contribution in [0.4, 0.5) is 0 Å². The minimum absolute atomic E-state index is 0.343. The fourth-order valence-electron chi connectivity index (χ4n) is 0.785. The van der Waals surface area contributed by atoms with Gasteiger partial charge in [0.1, 0.15) is 0 Å². The summed E-state index contributed by atoms with van der Waals surface area (Å²) in [5, 5.41) is 9.06. The van der Waals surface area contributed by atoms with E-state index in [0.717, 1.165) is 5.56 Å². The molecule has 0 amide bonds. The van der Waals surface area contributed by atoms with Crippen molar-refractivity contribution in [3.8, 4) is 5.75 Å². The number of phenols is 1. The summed E-state index contributed by atoms with van der Waals surface area (Å²) in [7, 11) is 0. The van der Waals surface area contributed by atoms with Gasteiger partial charge in [-0.2, -0.15) is 0 Å². The molecule has 1 aromatic rings. The summed E-state index contributed by atoms with van der Waals surface area (Å²) in [6.45, 7) is 2.08. The van der Waals surface area contributed by atoms with Crippen LogP contribution in [0.15, 0.2) is 24.3 Å². The van der Waals surface area contributed by atoms with E-state index in [2.05, 4.69) is 23.8 Å². The molecule has 52 valence electrons. The van der Waals surface area contributed by atoms with Crippen LogP contribution in [-0.2, 0) is 0 Å². The SMILES string of the molecule is C[C@H]([As])c1cccc(O)c1. The van der Waals surface area contributed by atoms with E-state index in [1.54, 1.807) is 12.1 Å². The first kappa shape index (κ1) is 7.68. The quantitative estimate of drug-likeness (QED) is 0.676. The molecule has 0 aliphatic rings. The summed E-state index contributed by atoms with van der Waals surface area (Å²) in [4.78, 5) is 0. The van der Waals surface area contributed by atoms with Crippen molar-refractivity contribution in [3.63, 3.8) is 0 Å². The molecule has 0 aliphatic heterocycles. The van der Waals surface area contributed by atoms with Crippen molar-refractivity contribution in [2.45, 2.75) is 11.6 Å². The van der Waals surface area contributed by atoms with Gasteiger partial charge in [-0.1, -0.05) is 0 Å². The molecule has 0 aliphatic carbocycles. The van der Waals surface area contributed by atoms with Crippen molar-refractivity contribution in [1.29, 1.82) is 0 Å². The van der Waals surface area contributed by atoms with Gasteiger partial charge in [0.25, 0.3) is 0 Å². The molecule has 1 rings (SSSR count). The summed E-state index contributed by atoms with van der Waals surface area (Å²) in [6.07, 6.45) is 0. The second-order valence-corrected chi connectivity index (χ2v) is 3.90. The molecule has 0 heterocycles. The third-order valence-electron chi connectivity index (χ3n) is 1.35. The van der Waals surface area contributed by atoms with Gasteiger partial charge in [-0.15, -0.1) is 0 Å². The molecule has 0 spiro atoms. The average molecular weight is 196 g/mol. The molecule has 0 fully saturated rings. The summed E-state index contributed by atoms with van der Waals surface area (Å²) in [6, 6.07) is 7.32. The van der Waals surface area contributed by atoms with Gasteiger partial charge in [0, 0.05) is 0 Å². The molecule has 0 unspecified atom stereocenters. The Labute approximate surface area is 69.6 Å². The Balaban J connectivity index is 2.96. The molecular formula is C8H9AsO. The Bertz CT molecular complexity index is 220. The fraction of sp³-hybridized carbons (Fsp3) is 0.250. The maximum absolute atomic E-state index is 9.06. The topological polar surface area (TPSA) is 20.2 Å². The zero-order valence-electron chi connectivity index (χ0n) is 5.78. The molecule has 0 bridgehead atoms. The van der Waals surface area contributed by atoms with Gasteiger partial charge < -0.3 is 0 Å². The number of hydrogen-bond acceptors (Lipinski definition) is 1. The van der Waals surface area contributed by atoms with Gasteiger partial charge in [-0.25, -0.2) is 0 Å². The van der Waals surface area contributed by atoms with Crippen LogP contribution in [-0.4, -0.2) is 22.0 Å². The van der Waals surface area contributed by atoms with Crippen molar-refractivity contribution >= 4 is 16.9 Å². The summed E-state index contributed by atoms with van der Waals surface area (Å²) in [5.41, 5.74) is 1.15. The van der Waals surface area contributed by atoms with Gasteiger partial charge in [0.15, 0.2) is 0 Å². The molecule has 1 atom stereocenters. The van der Waals surface area contributed by atoms with Crippen LogP contribution in [0.1, 0.15) is 17.2 Å². The fourth-order valence-corrected chi connectivity index (χ4v) is 1.12. The van der Waals surface area contributed by atoms with Gasteiger partial charge in [-0.05, 0) is 0 Å². The number of rotatable bonds is 1. The average Bonchev–Trinajstić information content (AvgIpc) is 1.88. The third kappa shape index (κ3) is 1.78. The first-order valence-electron chi connectivity index (χ1n) is 3.17. The Morgan fingerprint density at radius 2 is 2.20 bits per heavy atom. The van der Waals surface area contributed by atoms with Crippen LogP contribution in [0.5, 0.6) is 5.75 Å². The van der Waals surface area contributed by atoms with Crippen LogP contribution in [0.2, 0.25) is 0 Å². The minimum atomic E-state index is 0.343. The molecule has 0 aromatic heterocycles. The van der Waals surface area contributed by atoms with E-state index in [9.17, 15) is 0 Å². The number of hydrogen-bond donors (Lipinski definition) is 1. The van der Waals surface area contributed by atoms with Crippen LogP contribution < -0.4 is 0 Å². The number of phenolic OH excluding ortho intramolecular Hbond substituents is 1. The number of aromatic hydroxyl groups is 1. The van der Waals surface area contributed by atoms with E-state index in [4.69, 9.17) is 5.11 Å². The third-order valence-corrected chi connectivity index (χ3v) is 1.98. The summed E-state index contributed by atoms with van der Waals surface area (Å²) >= 11 is 2.54. The standard InChI is InChI=1S/C8H9AsO/c1-6(9)7-3-2-4-8(10)5-7/h2-6,10H,1H3/t6-/m0/s1. The van der Waals surface area contributed by atoms with Crippen molar-refractivity contribution < 1.29 is 5.11 Å². The van der Waals surface area contributed by atoms with Gasteiger partial charge >= 0.3 is 69.2 Å². The van der Waals surface area contributed by atoms with Gasteiger partial charge in [0.05, 0.1) is 0 Å². The molecule has 1 N–H and O–H groups in total. The summed E-state index contributed by atoms with van der Waals surface area (Å²) in [5.74, 6) is 0.343. The molecule has 1 aromatic carbocycles. The van der Waals surface area contributed by atoms with E-state index in [-0.39, 0.29) is 0 Å². The van der Waals surface area contributed by atoms with E-state index in [1.165, 1.54) is 0 Å². The molecule has 1 nitrogen and oxygen atoms in total. The van der Waals surface area contributed by atoms with Crippen LogP contribution >= 0.6 is 0 Å². The van der Waals surface area contributed by atoms with Crippen molar-refractivity contribution in [2.24, 2.45) is 0 Å². The first-order chi connectivity index (χ1) is 4.70. The van der Waals surface area contributed by atoms with Crippen LogP contribution in [0, 0.1) is 0 Å². The normalized spacial score (nSPS) is 13.0. The second-order valence-electron chi connectivity index (χ2n) is 2.27. The first-order valence-corrected chi connectivity index (χ1v) is 4.25. The number of benzene rings is 1.